The molecule has 1 atom stereocenters. The standard InChI is InChI=1S/C9H19NOS/c1-6(2)9(11)8(5-12)10-7(3)4/h6-8,10,12H,5H2,1-4H3. The van der Waals surface area contributed by atoms with E-state index >= 15 is 0 Å². The normalized spacial score (nSPS) is 13.9. The molecular formula is C9H19NOS. The first-order valence-corrected chi connectivity index (χ1v) is 5.03. The summed E-state index contributed by atoms with van der Waals surface area (Å²) in [7, 11) is 0. The third-order valence-electron chi connectivity index (χ3n) is 1.63. The number of rotatable bonds is 5. The Bertz CT molecular complexity index is 145. The van der Waals surface area contributed by atoms with E-state index in [1.807, 2.05) is 27.7 Å². The molecule has 0 bridgehead atoms. The molecule has 0 aromatic heterocycles. The minimum absolute atomic E-state index is 0.0895. The van der Waals surface area contributed by atoms with Crippen LogP contribution in [0.15, 0.2) is 0 Å². The summed E-state index contributed by atoms with van der Waals surface area (Å²) in [6.45, 7) is 7.90. The lowest BCUT2D eigenvalue weighted by atomic mass is 10.0. The van der Waals surface area contributed by atoms with Crippen molar-refractivity contribution in [3.05, 3.63) is 0 Å². The van der Waals surface area contributed by atoms with Crippen LogP contribution >= 0.6 is 12.6 Å². The molecule has 0 rings (SSSR count). The van der Waals surface area contributed by atoms with Crippen LogP contribution in [0.5, 0.6) is 0 Å². The number of ketones is 1. The van der Waals surface area contributed by atoms with Crippen molar-refractivity contribution in [2.75, 3.05) is 5.75 Å². The van der Waals surface area contributed by atoms with E-state index in [0.717, 1.165) is 0 Å². The summed E-state index contributed by atoms with van der Waals surface area (Å²) in [6.07, 6.45) is 0. The Hall–Kier alpha value is -0.0200. The average Bonchev–Trinajstić information content (AvgIpc) is 1.98. The lowest BCUT2D eigenvalue weighted by Crippen LogP contribution is -2.44. The van der Waals surface area contributed by atoms with Crippen LogP contribution in [0.4, 0.5) is 0 Å². The van der Waals surface area contributed by atoms with Crippen LogP contribution in [0.3, 0.4) is 0 Å². The van der Waals surface area contributed by atoms with Gasteiger partial charge in [-0.05, 0) is 0 Å². The maximum absolute atomic E-state index is 11.5. The number of Topliss-reactive ketones (excluding diaryl/α,β-unsaturated/α-hetero) is 1. The van der Waals surface area contributed by atoms with Crippen molar-refractivity contribution in [3.63, 3.8) is 0 Å². The molecule has 3 heteroatoms. The van der Waals surface area contributed by atoms with Gasteiger partial charge in [-0.25, -0.2) is 0 Å². The predicted molar refractivity (Wildman–Crippen MR) is 55.8 cm³/mol. The molecule has 1 N–H and O–H groups in total. The highest BCUT2D eigenvalue weighted by molar-refractivity contribution is 7.80. The number of thiol groups is 1. The summed E-state index contributed by atoms with van der Waals surface area (Å²) in [6, 6.07) is 0.248. The summed E-state index contributed by atoms with van der Waals surface area (Å²) >= 11 is 4.14. The van der Waals surface area contributed by atoms with Gasteiger partial charge in [0, 0.05) is 17.7 Å². The van der Waals surface area contributed by atoms with Gasteiger partial charge in [-0.3, -0.25) is 4.79 Å². The molecule has 0 aromatic carbocycles. The summed E-state index contributed by atoms with van der Waals surface area (Å²) in [5.41, 5.74) is 0. The molecule has 0 aliphatic carbocycles. The summed E-state index contributed by atoms with van der Waals surface area (Å²) in [4.78, 5) is 11.5. The summed E-state index contributed by atoms with van der Waals surface area (Å²) < 4.78 is 0. The van der Waals surface area contributed by atoms with Crippen molar-refractivity contribution in [1.82, 2.24) is 5.32 Å². The molecule has 0 saturated carbocycles. The largest absolute Gasteiger partial charge is 0.305 e. The highest BCUT2D eigenvalue weighted by Crippen LogP contribution is 2.02. The monoisotopic (exact) mass is 189 g/mol. The van der Waals surface area contributed by atoms with E-state index in [0.29, 0.717) is 11.8 Å². The second-order valence-electron chi connectivity index (χ2n) is 3.61. The molecule has 0 aliphatic heterocycles. The van der Waals surface area contributed by atoms with Gasteiger partial charge in [-0.2, -0.15) is 12.6 Å². The maximum Gasteiger partial charge on any atom is 0.153 e. The Morgan fingerprint density at radius 1 is 1.33 bits per heavy atom. The van der Waals surface area contributed by atoms with Crippen molar-refractivity contribution in [1.29, 1.82) is 0 Å². The van der Waals surface area contributed by atoms with Gasteiger partial charge in [0.25, 0.3) is 0 Å². The van der Waals surface area contributed by atoms with Gasteiger partial charge in [-0.15, -0.1) is 0 Å². The van der Waals surface area contributed by atoms with Gasteiger partial charge in [0.1, 0.15) is 0 Å². The Morgan fingerprint density at radius 2 is 1.83 bits per heavy atom. The fourth-order valence-corrected chi connectivity index (χ4v) is 1.31. The van der Waals surface area contributed by atoms with Crippen molar-refractivity contribution < 1.29 is 4.79 Å². The van der Waals surface area contributed by atoms with Crippen LogP contribution in [0, 0.1) is 5.92 Å². The Morgan fingerprint density at radius 3 is 2.08 bits per heavy atom. The third kappa shape index (κ3) is 4.12. The number of hydrogen-bond acceptors (Lipinski definition) is 3. The molecule has 0 fully saturated rings. The molecule has 72 valence electrons. The van der Waals surface area contributed by atoms with Crippen LogP contribution in [0.25, 0.3) is 0 Å². The van der Waals surface area contributed by atoms with E-state index in [1.165, 1.54) is 0 Å². The predicted octanol–water partition coefficient (Wildman–Crippen LogP) is 1.51. The topological polar surface area (TPSA) is 29.1 Å². The van der Waals surface area contributed by atoms with Crippen LogP contribution < -0.4 is 5.32 Å². The van der Waals surface area contributed by atoms with Crippen LogP contribution in [0.2, 0.25) is 0 Å². The van der Waals surface area contributed by atoms with Gasteiger partial charge >= 0.3 is 0 Å². The first-order valence-electron chi connectivity index (χ1n) is 4.39. The van der Waals surface area contributed by atoms with Crippen LogP contribution in [0.1, 0.15) is 27.7 Å². The van der Waals surface area contributed by atoms with Gasteiger partial charge < -0.3 is 5.32 Å². The van der Waals surface area contributed by atoms with E-state index in [2.05, 4.69) is 17.9 Å². The molecule has 12 heavy (non-hydrogen) atoms. The van der Waals surface area contributed by atoms with E-state index < -0.39 is 0 Å². The maximum atomic E-state index is 11.5. The van der Waals surface area contributed by atoms with Crippen molar-refractivity contribution >= 4 is 18.4 Å². The van der Waals surface area contributed by atoms with Crippen molar-refractivity contribution in [3.8, 4) is 0 Å². The third-order valence-corrected chi connectivity index (χ3v) is 1.99. The zero-order valence-electron chi connectivity index (χ0n) is 8.29. The Balaban J connectivity index is 4.06. The zero-order valence-corrected chi connectivity index (χ0v) is 9.19. The molecule has 2 nitrogen and oxygen atoms in total. The number of nitrogens with one attached hydrogen (secondary N) is 1. The molecule has 0 amide bonds. The minimum atomic E-state index is -0.0895. The van der Waals surface area contributed by atoms with E-state index in [9.17, 15) is 4.79 Å². The second kappa shape index (κ2) is 5.60. The average molecular weight is 189 g/mol. The fraction of sp³-hybridized carbons (Fsp3) is 0.889. The van der Waals surface area contributed by atoms with E-state index in [1.54, 1.807) is 0 Å². The highest BCUT2D eigenvalue weighted by atomic mass is 32.1. The SMILES string of the molecule is CC(C)NC(CS)C(=O)C(C)C. The number of carbonyl (C=O) groups is 1. The van der Waals surface area contributed by atoms with Gasteiger partial charge in [-0.1, -0.05) is 27.7 Å². The molecule has 0 radical (unpaired) electrons. The number of hydrogen-bond donors (Lipinski definition) is 2. The molecule has 1 unspecified atom stereocenters. The van der Waals surface area contributed by atoms with Crippen molar-refractivity contribution in [2.45, 2.75) is 39.8 Å². The van der Waals surface area contributed by atoms with Crippen LogP contribution in [-0.2, 0) is 4.79 Å². The van der Waals surface area contributed by atoms with Crippen LogP contribution in [-0.4, -0.2) is 23.6 Å². The minimum Gasteiger partial charge on any atom is -0.305 e. The molecule has 0 saturated heterocycles. The molecule has 0 spiro atoms. The number of carbonyl (C=O) groups excluding carboxylic acids is 1. The van der Waals surface area contributed by atoms with Gasteiger partial charge in [0.15, 0.2) is 5.78 Å². The Kier molecular flexibility index (Phi) is 5.59. The lowest BCUT2D eigenvalue weighted by molar-refractivity contribution is -0.123. The molecular weight excluding hydrogens is 170 g/mol. The Labute approximate surface area is 80.5 Å². The van der Waals surface area contributed by atoms with E-state index in [4.69, 9.17) is 0 Å². The lowest BCUT2D eigenvalue weighted by Gasteiger charge is -2.19. The highest BCUT2D eigenvalue weighted by Gasteiger charge is 2.19. The van der Waals surface area contributed by atoms with Crippen molar-refractivity contribution in [2.24, 2.45) is 5.92 Å². The summed E-state index contributed by atoms with van der Waals surface area (Å²) in [5, 5.41) is 3.18. The first kappa shape index (κ1) is 12.0. The van der Waals surface area contributed by atoms with E-state index in [-0.39, 0.29) is 17.7 Å². The second-order valence-corrected chi connectivity index (χ2v) is 3.98. The van der Waals surface area contributed by atoms with Gasteiger partial charge in [0.05, 0.1) is 6.04 Å². The molecule has 0 aliphatic rings. The quantitative estimate of drug-likeness (QED) is 0.642. The molecule has 0 aromatic rings. The van der Waals surface area contributed by atoms with Gasteiger partial charge in [0.2, 0.25) is 0 Å². The molecule has 0 heterocycles. The fourth-order valence-electron chi connectivity index (χ4n) is 1.03. The zero-order chi connectivity index (χ0) is 9.72. The summed E-state index contributed by atoms with van der Waals surface area (Å²) in [5.74, 6) is 0.918. The smallest absolute Gasteiger partial charge is 0.153 e. The first-order chi connectivity index (χ1) is 5.49.